The van der Waals surface area contributed by atoms with Crippen LogP contribution in [0.3, 0.4) is 0 Å². The number of anilines is 2. The minimum Gasteiger partial charge on any atom is -0.488 e. The fraction of sp³-hybridized carbons (Fsp3) is 0.500. The smallest absolute Gasteiger partial charge is 0.261 e. The standard InChI is InChI=1S/C28H37FN6O3S/c1-5-23(36)33-19-8-10-20(11-9-19)38-22-15-18(29)7-12-21(22)34-26-24-17(2)25(39-28(24)32-16-31-26)27(37)30-13-6-14-35(3)4/h7,12,15-16,19-20H,5-6,8-11,13-14H2,1-4H3,(H,30,37)(H,33,36)(H,31,32,34). The van der Waals surface area contributed by atoms with E-state index in [4.69, 9.17) is 4.74 Å². The van der Waals surface area contributed by atoms with E-state index in [1.54, 1.807) is 6.07 Å². The molecule has 1 fully saturated rings. The van der Waals surface area contributed by atoms with Gasteiger partial charge in [-0.2, -0.15) is 0 Å². The van der Waals surface area contributed by atoms with E-state index in [0.717, 1.165) is 49.6 Å². The van der Waals surface area contributed by atoms with E-state index < -0.39 is 5.82 Å². The number of nitrogens with zero attached hydrogens (tertiary/aromatic N) is 3. The molecule has 1 aromatic carbocycles. The van der Waals surface area contributed by atoms with Gasteiger partial charge < -0.3 is 25.6 Å². The van der Waals surface area contributed by atoms with Gasteiger partial charge >= 0.3 is 0 Å². The predicted octanol–water partition coefficient (Wildman–Crippen LogP) is 4.78. The summed E-state index contributed by atoms with van der Waals surface area (Å²) < 4.78 is 20.5. The number of aryl methyl sites for hydroxylation is 1. The lowest BCUT2D eigenvalue weighted by atomic mass is 9.93. The summed E-state index contributed by atoms with van der Waals surface area (Å²) in [4.78, 5) is 36.8. The lowest BCUT2D eigenvalue weighted by molar-refractivity contribution is -0.121. The van der Waals surface area contributed by atoms with Crippen molar-refractivity contribution in [1.29, 1.82) is 0 Å². The van der Waals surface area contributed by atoms with Crippen LogP contribution in [0.2, 0.25) is 0 Å². The summed E-state index contributed by atoms with van der Waals surface area (Å²) >= 11 is 1.33. The summed E-state index contributed by atoms with van der Waals surface area (Å²) in [6.07, 6.45) is 5.85. The summed E-state index contributed by atoms with van der Waals surface area (Å²) in [5.74, 6) is 0.460. The Morgan fingerprint density at radius 1 is 1.18 bits per heavy atom. The maximum absolute atomic E-state index is 14.2. The summed E-state index contributed by atoms with van der Waals surface area (Å²) in [6.45, 7) is 5.21. The van der Waals surface area contributed by atoms with Crippen LogP contribution in [0.5, 0.6) is 5.75 Å². The number of benzene rings is 1. The molecular weight excluding hydrogens is 519 g/mol. The normalized spacial score (nSPS) is 17.3. The van der Waals surface area contributed by atoms with Crippen LogP contribution in [-0.4, -0.2) is 66.0 Å². The maximum atomic E-state index is 14.2. The molecule has 0 saturated heterocycles. The largest absolute Gasteiger partial charge is 0.488 e. The first-order valence-corrected chi connectivity index (χ1v) is 14.3. The second-order valence-electron chi connectivity index (χ2n) is 10.1. The van der Waals surface area contributed by atoms with Gasteiger partial charge in [-0.25, -0.2) is 14.4 Å². The monoisotopic (exact) mass is 556 g/mol. The molecule has 3 aromatic rings. The number of thiophene rings is 1. The maximum Gasteiger partial charge on any atom is 0.261 e. The van der Waals surface area contributed by atoms with E-state index in [0.29, 0.717) is 39.9 Å². The van der Waals surface area contributed by atoms with E-state index in [2.05, 4.69) is 30.8 Å². The highest BCUT2D eigenvalue weighted by atomic mass is 32.1. The molecule has 0 aliphatic heterocycles. The first-order chi connectivity index (χ1) is 18.7. The Kier molecular flexibility index (Phi) is 9.68. The van der Waals surface area contributed by atoms with Crippen LogP contribution in [0, 0.1) is 12.7 Å². The second-order valence-corrected chi connectivity index (χ2v) is 11.1. The highest BCUT2D eigenvalue weighted by Gasteiger charge is 2.25. The number of amides is 2. The molecule has 9 nitrogen and oxygen atoms in total. The van der Waals surface area contributed by atoms with Gasteiger partial charge in [0.25, 0.3) is 5.91 Å². The van der Waals surface area contributed by atoms with Gasteiger partial charge in [0.15, 0.2) is 0 Å². The number of ether oxygens (including phenoxy) is 1. The van der Waals surface area contributed by atoms with Crippen LogP contribution in [0.15, 0.2) is 24.5 Å². The SMILES string of the molecule is CCC(=O)NC1CCC(Oc2cc(F)ccc2Nc2ncnc3sc(C(=O)NCCCN(C)C)c(C)c23)CC1. The van der Waals surface area contributed by atoms with Gasteiger partial charge in [0.05, 0.1) is 22.1 Å². The molecule has 0 spiro atoms. The van der Waals surface area contributed by atoms with Gasteiger partial charge in [-0.3, -0.25) is 9.59 Å². The number of nitrogens with one attached hydrogen (secondary N) is 3. The zero-order valence-electron chi connectivity index (χ0n) is 23.0. The van der Waals surface area contributed by atoms with Gasteiger partial charge in [0, 0.05) is 25.1 Å². The van der Waals surface area contributed by atoms with Crippen LogP contribution in [0.25, 0.3) is 10.2 Å². The minimum absolute atomic E-state index is 0.0563. The molecule has 2 aromatic heterocycles. The van der Waals surface area contributed by atoms with Crippen molar-refractivity contribution in [3.63, 3.8) is 0 Å². The molecule has 2 amide bonds. The molecule has 1 aliphatic carbocycles. The van der Waals surface area contributed by atoms with Crippen molar-refractivity contribution in [2.24, 2.45) is 0 Å². The molecule has 3 N–H and O–H groups in total. The van der Waals surface area contributed by atoms with Gasteiger partial charge in [-0.15, -0.1) is 11.3 Å². The van der Waals surface area contributed by atoms with Crippen molar-refractivity contribution in [2.75, 3.05) is 32.5 Å². The molecule has 0 radical (unpaired) electrons. The Labute approximate surface area is 232 Å². The average Bonchev–Trinajstić information content (AvgIpc) is 3.26. The van der Waals surface area contributed by atoms with Crippen molar-refractivity contribution in [1.82, 2.24) is 25.5 Å². The van der Waals surface area contributed by atoms with Crippen LogP contribution < -0.4 is 20.7 Å². The molecule has 0 atom stereocenters. The molecule has 4 rings (SSSR count). The minimum atomic E-state index is -0.396. The Hall–Kier alpha value is -3.31. The fourth-order valence-electron chi connectivity index (χ4n) is 4.72. The lowest BCUT2D eigenvalue weighted by Crippen LogP contribution is -2.39. The first kappa shape index (κ1) is 28.7. The Bertz CT molecular complexity index is 1310. The predicted molar refractivity (Wildman–Crippen MR) is 152 cm³/mol. The molecule has 2 heterocycles. The number of carbonyl (C=O) groups is 2. The van der Waals surface area contributed by atoms with E-state index in [9.17, 15) is 14.0 Å². The molecule has 1 aliphatic rings. The third kappa shape index (κ3) is 7.42. The average molecular weight is 557 g/mol. The van der Waals surface area contributed by atoms with Crippen molar-refractivity contribution in [3.05, 3.63) is 40.8 Å². The zero-order chi connectivity index (χ0) is 27.9. The number of hydrogen-bond acceptors (Lipinski definition) is 8. The van der Waals surface area contributed by atoms with E-state index in [1.807, 2.05) is 27.9 Å². The van der Waals surface area contributed by atoms with Gasteiger partial charge in [0.2, 0.25) is 5.91 Å². The summed E-state index contributed by atoms with van der Waals surface area (Å²) in [6, 6.07) is 4.53. The van der Waals surface area contributed by atoms with Crippen molar-refractivity contribution < 1.29 is 18.7 Å². The van der Waals surface area contributed by atoms with Crippen LogP contribution in [0.1, 0.15) is 60.7 Å². The lowest BCUT2D eigenvalue weighted by Gasteiger charge is -2.30. The quantitative estimate of drug-likeness (QED) is 0.292. The van der Waals surface area contributed by atoms with Crippen molar-refractivity contribution in [3.8, 4) is 5.75 Å². The number of carbonyl (C=O) groups excluding carboxylic acids is 2. The van der Waals surface area contributed by atoms with Gasteiger partial charge in [-0.05, 0) is 77.4 Å². The number of rotatable bonds is 11. The number of aromatic nitrogens is 2. The summed E-state index contributed by atoms with van der Waals surface area (Å²) in [7, 11) is 4.00. The molecule has 11 heteroatoms. The molecule has 39 heavy (non-hydrogen) atoms. The molecular formula is C28H37FN6O3S. The zero-order valence-corrected chi connectivity index (χ0v) is 23.8. The topological polar surface area (TPSA) is 108 Å². The van der Waals surface area contributed by atoms with E-state index in [1.165, 1.54) is 29.8 Å². The Morgan fingerprint density at radius 2 is 1.95 bits per heavy atom. The second kappa shape index (κ2) is 13.2. The number of fused-ring (bicyclic) bond motifs is 1. The van der Waals surface area contributed by atoms with Crippen LogP contribution in [0.4, 0.5) is 15.9 Å². The van der Waals surface area contributed by atoms with Crippen molar-refractivity contribution in [2.45, 2.75) is 64.5 Å². The number of hydrogen-bond donors (Lipinski definition) is 3. The first-order valence-electron chi connectivity index (χ1n) is 13.4. The third-order valence-electron chi connectivity index (χ3n) is 6.85. The van der Waals surface area contributed by atoms with Crippen molar-refractivity contribution >= 4 is 44.9 Å². The van der Waals surface area contributed by atoms with Gasteiger partial charge in [0.1, 0.15) is 28.5 Å². The summed E-state index contributed by atoms with van der Waals surface area (Å²) in [5, 5.41) is 10.1. The van der Waals surface area contributed by atoms with Crippen LogP contribution >= 0.6 is 11.3 Å². The fourth-order valence-corrected chi connectivity index (χ4v) is 5.78. The van der Waals surface area contributed by atoms with E-state index >= 15 is 0 Å². The third-order valence-corrected chi connectivity index (χ3v) is 8.05. The van der Waals surface area contributed by atoms with Gasteiger partial charge in [-0.1, -0.05) is 6.92 Å². The Morgan fingerprint density at radius 3 is 2.67 bits per heavy atom. The molecule has 0 unspecified atom stereocenters. The van der Waals surface area contributed by atoms with E-state index in [-0.39, 0.29) is 24.0 Å². The van der Waals surface area contributed by atoms with Crippen LogP contribution in [-0.2, 0) is 4.79 Å². The molecule has 0 bridgehead atoms. The highest BCUT2D eigenvalue weighted by Crippen LogP contribution is 2.37. The summed E-state index contributed by atoms with van der Waals surface area (Å²) in [5.41, 5.74) is 1.37. The number of halogens is 1. The molecule has 1 saturated carbocycles. The Balaban J connectivity index is 1.49. The highest BCUT2D eigenvalue weighted by molar-refractivity contribution is 7.20. The molecule has 210 valence electrons.